The maximum Gasteiger partial charge on any atom is 0.434 e. The normalized spacial score (nSPS) is 11.5. The molecule has 0 fully saturated rings. The molecule has 0 saturated heterocycles. The highest BCUT2D eigenvalue weighted by molar-refractivity contribution is 5.89. The van der Waals surface area contributed by atoms with Crippen LogP contribution in [-0.2, 0) is 6.18 Å². The Morgan fingerprint density at radius 2 is 2.09 bits per heavy atom. The van der Waals surface area contributed by atoms with Gasteiger partial charge in [0, 0.05) is 6.07 Å². The Labute approximate surface area is 121 Å². The minimum Gasteiger partial charge on any atom is -0.492 e. The summed E-state index contributed by atoms with van der Waals surface area (Å²) in [5.41, 5.74) is -2.71. The van der Waals surface area contributed by atoms with Crippen LogP contribution in [0, 0.1) is 5.82 Å². The number of carbonyl (C=O) groups is 1. The molecule has 1 N–H and O–H groups in total. The van der Waals surface area contributed by atoms with E-state index in [1.165, 1.54) is 0 Å². The second kappa shape index (κ2) is 5.62. The minimum absolute atomic E-state index is 0.0305. The lowest BCUT2D eigenvalue weighted by Crippen LogP contribution is -2.18. The van der Waals surface area contributed by atoms with Gasteiger partial charge in [0.1, 0.15) is 11.3 Å². The third-order valence-electron chi connectivity index (χ3n) is 2.58. The number of aromatic carboxylic acids is 1. The number of nitrogens with zero attached hydrogens (tertiary/aromatic N) is 3. The number of hydrogen-bond donors (Lipinski definition) is 1. The van der Waals surface area contributed by atoms with Crippen LogP contribution < -0.4 is 4.74 Å². The predicted molar refractivity (Wildman–Crippen MR) is 64.4 cm³/mol. The Bertz CT molecular complexity index is 712. The topological polar surface area (TPSA) is 77.2 Å². The molecule has 2 heterocycles. The second-order valence-electron chi connectivity index (χ2n) is 4.03. The molecular weight excluding hydrogens is 310 g/mol. The van der Waals surface area contributed by atoms with E-state index < -0.39 is 35.0 Å². The number of rotatable bonds is 4. The fourth-order valence-electron chi connectivity index (χ4n) is 1.75. The second-order valence-corrected chi connectivity index (χ2v) is 4.03. The zero-order valence-electron chi connectivity index (χ0n) is 11.1. The van der Waals surface area contributed by atoms with E-state index in [2.05, 4.69) is 10.1 Å². The highest BCUT2D eigenvalue weighted by Gasteiger charge is 2.41. The van der Waals surface area contributed by atoms with Gasteiger partial charge >= 0.3 is 12.1 Å². The number of ether oxygens (including phenoxy) is 1. The summed E-state index contributed by atoms with van der Waals surface area (Å²) in [6.07, 6.45) is -3.54. The molecule has 118 valence electrons. The largest absolute Gasteiger partial charge is 0.492 e. The molecule has 0 aliphatic heterocycles. The fraction of sp³-hybridized carbons (Fsp3) is 0.250. The number of aromatic nitrogens is 3. The molecule has 0 bridgehead atoms. The quantitative estimate of drug-likeness (QED) is 0.876. The molecule has 0 aliphatic carbocycles. The molecule has 2 aromatic heterocycles. The van der Waals surface area contributed by atoms with Gasteiger partial charge in [0.2, 0.25) is 0 Å². The SMILES string of the molecule is CCOc1cnc(-n2ncc(C(=O)O)c2C(F)(F)F)c(F)c1. The van der Waals surface area contributed by atoms with Gasteiger partial charge in [-0.3, -0.25) is 0 Å². The zero-order chi connectivity index (χ0) is 16.5. The van der Waals surface area contributed by atoms with Crippen molar-refractivity contribution in [2.24, 2.45) is 0 Å². The van der Waals surface area contributed by atoms with Crippen molar-refractivity contribution in [1.29, 1.82) is 0 Å². The average molecular weight is 319 g/mol. The third-order valence-corrected chi connectivity index (χ3v) is 2.58. The van der Waals surface area contributed by atoms with Gasteiger partial charge in [0.05, 0.1) is 19.0 Å². The Kier molecular flexibility index (Phi) is 4.02. The summed E-state index contributed by atoms with van der Waals surface area (Å²) < 4.78 is 58.1. The molecule has 22 heavy (non-hydrogen) atoms. The number of carboxylic acids is 1. The van der Waals surface area contributed by atoms with Gasteiger partial charge in [0.15, 0.2) is 17.3 Å². The van der Waals surface area contributed by atoms with Gasteiger partial charge < -0.3 is 9.84 Å². The third kappa shape index (κ3) is 2.85. The summed E-state index contributed by atoms with van der Waals surface area (Å²) in [5, 5.41) is 12.1. The van der Waals surface area contributed by atoms with Crippen LogP contribution in [0.15, 0.2) is 18.5 Å². The minimum atomic E-state index is -5.04. The first-order valence-corrected chi connectivity index (χ1v) is 5.93. The molecule has 10 heteroatoms. The van der Waals surface area contributed by atoms with Crippen LogP contribution in [0.2, 0.25) is 0 Å². The number of carboxylic acid groups (broad SMARTS) is 1. The lowest BCUT2D eigenvalue weighted by molar-refractivity contribution is -0.143. The molecule has 0 aromatic carbocycles. The van der Waals surface area contributed by atoms with Crippen LogP contribution in [0.4, 0.5) is 17.6 Å². The van der Waals surface area contributed by atoms with Crippen LogP contribution in [0.3, 0.4) is 0 Å². The number of alkyl halides is 3. The maximum atomic E-state index is 13.9. The van der Waals surface area contributed by atoms with Crippen LogP contribution in [0.5, 0.6) is 5.75 Å². The Hall–Kier alpha value is -2.65. The van der Waals surface area contributed by atoms with Gasteiger partial charge in [0.25, 0.3) is 0 Å². The summed E-state index contributed by atoms with van der Waals surface area (Å²) in [6, 6.07) is 0.841. The first-order valence-electron chi connectivity index (χ1n) is 5.93. The van der Waals surface area contributed by atoms with Crippen LogP contribution >= 0.6 is 0 Å². The standard InChI is InChI=1S/C12H9F4N3O3/c1-2-22-6-3-8(13)10(17-4-6)19-9(12(14,15)16)7(5-18-19)11(20)21/h3-5H,2H2,1H3,(H,20,21). The van der Waals surface area contributed by atoms with E-state index in [9.17, 15) is 22.4 Å². The molecule has 0 radical (unpaired) electrons. The van der Waals surface area contributed by atoms with Gasteiger partial charge in [-0.1, -0.05) is 0 Å². The van der Waals surface area contributed by atoms with Crippen LogP contribution in [-0.4, -0.2) is 32.4 Å². The van der Waals surface area contributed by atoms with E-state index >= 15 is 0 Å². The van der Waals surface area contributed by atoms with Crippen molar-refractivity contribution in [3.05, 3.63) is 35.5 Å². The highest BCUT2D eigenvalue weighted by Crippen LogP contribution is 2.34. The summed E-state index contributed by atoms with van der Waals surface area (Å²) in [6.45, 7) is 1.86. The molecule has 0 spiro atoms. The van der Waals surface area contributed by atoms with E-state index in [0.29, 0.717) is 6.20 Å². The first kappa shape index (κ1) is 15.7. The Balaban J connectivity index is 2.61. The summed E-state index contributed by atoms with van der Waals surface area (Å²) in [4.78, 5) is 14.4. The van der Waals surface area contributed by atoms with Crippen molar-refractivity contribution in [3.63, 3.8) is 0 Å². The summed E-state index contributed by atoms with van der Waals surface area (Å²) >= 11 is 0. The van der Waals surface area contributed by atoms with Crippen molar-refractivity contribution in [1.82, 2.24) is 14.8 Å². The first-order chi connectivity index (χ1) is 10.3. The average Bonchev–Trinajstić information content (AvgIpc) is 2.84. The summed E-state index contributed by atoms with van der Waals surface area (Å²) in [5.74, 6) is -3.70. The lowest BCUT2D eigenvalue weighted by Gasteiger charge is -2.12. The van der Waals surface area contributed by atoms with Gasteiger partial charge in [-0.2, -0.15) is 18.3 Å². The molecule has 6 nitrogen and oxygen atoms in total. The number of hydrogen-bond acceptors (Lipinski definition) is 4. The van der Waals surface area contributed by atoms with Crippen molar-refractivity contribution in [3.8, 4) is 11.6 Å². The lowest BCUT2D eigenvalue weighted by atomic mass is 10.2. The van der Waals surface area contributed by atoms with Gasteiger partial charge in [-0.05, 0) is 6.92 Å². The molecule has 0 saturated carbocycles. The van der Waals surface area contributed by atoms with Crippen molar-refractivity contribution >= 4 is 5.97 Å². The number of halogens is 4. The van der Waals surface area contributed by atoms with E-state index in [0.717, 1.165) is 12.3 Å². The van der Waals surface area contributed by atoms with E-state index in [-0.39, 0.29) is 17.0 Å². The molecule has 2 rings (SSSR count). The highest BCUT2D eigenvalue weighted by atomic mass is 19.4. The fourth-order valence-corrected chi connectivity index (χ4v) is 1.75. The molecule has 0 atom stereocenters. The smallest absolute Gasteiger partial charge is 0.434 e. The molecule has 0 unspecified atom stereocenters. The van der Waals surface area contributed by atoms with Crippen LogP contribution in [0.25, 0.3) is 5.82 Å². The van der Waals surface area contributed by atoms with Gasteiger partial charge in [-0.25, -0.2) is 18.9 Å². The maximum absolute atomic E-state index is 13.9. The van der Waals surface area contributed by atoms with Crippen molar-refractivity contribution < 1.29 is 32.2 Å². The predicted octanol–water partition coefficient (Wildman–Crippen LogP) is 2.52. The molecule has 0 aliphatic rings. The summed E-state index contributed by atoms with van der Waals surface area (Å²) in [7, 11) is 0. The molecular formula is C12H9F4N3O3. The van der Waals surface area contributed by atoms with Crippen molar-refractivity contribution in [2.45, 2.75) is 13.1 Å². The molecule has 2 aromatic rings. The molecule has 0 amide bonds. The van der Waals surface area contributed by atoms with E-state index in [1.54, 1.807) is 6.92 Å². The zero-order valence-corrected chi connectivity index (χ0v) is 11.1. The van der Waals surface area contributed by atoms with E-state index in [1.807, 2.05) is 0 Å². The number of pyridine rings is 1. The van der Waals surface area contributed by atoms with E-state index in [4.69, 9.17) is 9.84 Å². The van der Waals surface area contributed by atoms with Gasteiger partial charge in [-0.15, -0.1) is 0 Å². The Morgan fingerprint density at radius 3 is 2.59 bits per heavy atom. The monoisotopic (exact) mass is 319 g/mol. The Morgan fingerprint density at radius 1 is 1.41 bits per heavy atom. The van der Waals surface area contributed by atoms with Crippen LogP contribution in [0.1, 0.15) is 23.0 Å². The van der Waals surface area contributed by atoms with Crippen molar-refractivity contribution in [2.75, 3.05) is 6.61 Å².